The van der Waals surface area contributed by atoms with Crippen LogP contribution in [0.15, 0.2) is 6.20 Å². The average molecular weight is 292 g/mol. The van der Waals surface area contributed by atoms with Crippen molar-refractivity contribution in [1.29, 1.82) is 0 Å². The van der Waals surface area contributed by atoms with Crippen LogP contribution in [0, 0.1) is 0 Å². The van der Waals surface area contributed by atoms with Gasteiger partial charge in [0.2, 0.25) is 0 Å². The molecule has 0 spiro atoms. The molecule has 4 heteroatoms. The fourth-order valence-electron chi connectivity index (χ4n) is 3.30. The zero-order valence-electron chi connectivity index (χ0n) is 14.6. The molecule has 0 aromatic carbocycles. The van der Waals surface area contributed by atoms with Gasteiger partial charge in [-0.05, 0) is 12.8 Å². The van der Waals surface area contributed by atoms with Gasteiger partial charge >= 0.3 is 0 Å². The molecule has 4 nitrogen and oxygen atoms in total. The van der Waals surface area contributed by atoms with Crippen LogP contribution in [0.25, 0.3) is 0 Å². The van der Waals surface area contributed by atoms with Crippen molar-refractivity contribution in [2.24, 2.45) is 7.05 Å². The van der Waals surface area contributed by atoms with Crippen LogP contribution >= 0.6 is 0 Å². The fourth-order valence-corrected chi connectivity index (χ4v) is 3.30. The van der Waals surface area contributed by atoms with Crippen LogP contribution in [0.1, 0.15) is 58.7 Å². The minimum Gasteiger partial charge on any atom is -0.311 e. The van der Waals surface area contributed by atoms with Gasteiger partial charge in [0.1, 0.15) is 0 Å². The zero-order chi connectivity index (χ0) is 15.6. The number of piperazine rings is 1. The lowest BCUT2D eigenvalue weighted by Gasteiger charge is -2.40. The predicted octanol–water partition coefficient (Wildman–Crippen LogP) is 2.68. The highest BCUT2D eigenvalue weighted by molar-refractivity contribution is 5.24. The molecule has 0 aliphatic carbocycles. The van der Waals surface area contributed by atoms with E-state index in [4.69, 9.17) is 5.10 Å². The van der Waals surface area contributed by atoms with Crippen molar-refractivity contribution in [2.45, 2.75) is 71.5 Å². The number of aromatic nitrogens is 2. The minimum atomic E-state index is 0.108. The third-order valence-electron chi connectivity index (χ3n) is 4.57. The van der Waals surface area contributed by atoms with Crippen molar-refractivity contribution >= 4 is 0 Å². The van der Waals surface area contributed by atoms with Crippen molar-refractivity contribution in [2.75, 3.05) is 13.1 Å². The van der Waals surface area contributed by atoms with Crippen LogP contribution < -0.4 is 5.32 Å². The van der Waals surface area contributed by atoms with Gasteiger partial charge in [-0.3, -0.25) is 9.58 Å². The van der Waals surface area contributed by atoms with Crippen LogP contribution in [0.3, 0.4) is 0 Å². The molecular formula is C17H32N4. The molecule has 1 saturated heterocycles. The standard InChI is InChI=1S/C17H32N4/c1-7-14-12-21(15(8-2)9-18-14)11-13-10-20(6)19-16(13)17(3,4)5/h10,14-15,18H,7-9,11-12H2,1-6H3. The molecule has 0 amide bonds. The SMILES string of the molecule is CCC1CN(Cc2cn(C)nc2C(C)(C)C)C(CC)CN1. The second kappa shape index (κ2) is 6.49. The Labute approximate surface area is 129 Å². The summed E-state index contributed by atoms with van der Waals surface area (Å²) in [4.78, 5) is 2.65. The minimum absolute atomic E-state index is 0.108. The number of hydrogen-bond donors (Lipinski definition) is 1. The summed E-state index contributed by atoms with van der Waals surface area (Å²) in [7, 11) is 2.03. The molecule has 1 aromatic rings. The first-order valence-corrected chi connectivity index (χ1v) is 8.35. The Balaban J connectivity index is 2.19. The molecule has 0 radical (unpaired) electrons. The average Bonchev–Trinajstić information content (AvgIpc) is 2.79. The number of aryl methyl sites for hydroxylation is 1. The second-order valence-corrected chi connectivity index (χ2v) is 7.43. The quantitative estimate of drug-likeness (QED) is 0.926. The third-order valence-corrected chi connectivity index (χ3v) is 4.57. The van der Waals surface area contributed by atoms with Gasteiger partial charge in [0.05, 0.1) is 5.69 Å². The molecule has 2 heterocycles. The fraction of sp³-hybridized carbons (Fsp3) is 0.824. The van der Waals surface area contributed by atoms with E-state index in [1.54, 1.807) is 0 Å². The van der Waals surface area contributed by atoms with Gasteiger partial charge in [-0.1, -0.05) is 34.6 Å². The van der Waals surface area contributed by atoms with Crippen LogP contribution in [0.4, 0.5) is 0 Å². The van der Waals surface area contributed by atoms with Crippen molar-refractivity contribution in [3.8, 4) is 0 Å². The van der Waals surface area contributed by atoms with Crippen molar-refractivity contribution in [3.63, 3.8) is 0 Å². The highest BCUT2D eigenvalue weighted by atomic mass is 15.3. The maximum absolute atomic E-state index is 4.71. The first kappa shape index (κ1) is 16.5. The van der Waals surface area contributed by atoms with Gasteiger partial charge in [0.15, 0.2) is 0 Å². The Hall–Kier alpha value is -0.870. The lowest BCUT2D eigenvalue weighted by atomic mass is 9.89. The summed E-state index contributed by atoms with van der Waals surface area (Å²) in [6.07, 6.45) is 4.61. The number of nitrogens with one attached hydrogen (secondary N) is 1. The Morgan fingerprint density at radius 2 is 2.00 bits per heavy atom. The summed E-state index contributed by atoms with van der Waals surface area (Å²) in [5.41, 5.74) is 2.74. The Bertz CT molecular complexity index is 458. The van der Waals surface area contributed by atoms with Crippen LogP contribution in [0.2, 0.25) is 0 Å². The van der Waals surface area contributed by atoms with Gasteiger partial charge in [-0.2, -0.15) is 5.10 Å². The van der Waals surface area contributed by atoms with Crippen LogP contribution in [0.5, 0.6) is 0 Å². The van der Waals surface area contributed by atoms with Gasteiger partial charge < -0.3 is 5.32 Å². The lowest BCUT2D eigenvalue weighted by molar-refractivity contribution is 0.117. The van der Waals surface area contributed by atoms with E-state index in [0.29, 0.717) is 12.1 Å². The smallest absolute Gasteiger partial charge is 0.0722 e. The van der Waals surface area contributed by atoms with Crippen LogP contribution in [-0.4, -0.2) is 39.9 Å². The Morgan fingerprint density at radius 1 is 1.29 bits per heavy atom. The predicted molar refractivity (Wildman–Crippen MR) is 88.5 cm³/mol. The van der Waals surface area contributed by atoms with E-state index >= 15 is 0 Å². The van der Waals surface area contributed by atoms with E-state index in [1.807, 2.05) is 11.7 Å². The van der Waals surface area contributed by atoms with E-state index in [1.165, 1.54) is 24.1 Å². The first-order valence-electron chi connectivity index (χ1n) is 8.35. The summed E-state index contributed by atoms with van der Waals surface area (Å²) in [6.45, 7) is 14.6. The molecule has 1 aromatic heterocycles. The summed E-state index contributed by atoms with van der Waals surface area (Å²) in [6, 6.07) is 1.27. The van der Waals surface area contributed by atoms with E-state index in [-0.39, 0.29) is 5.41 Å². The summed E-state index contributed by atoms with van der Waals surface area (Å²) < 4.78 is 1.97. The Kier molecular flexibility index (Phi) is 5.10. The lowest BCUT2D eigenvalue weighted by Crippen LogP contribution is -2.55. The molecule has 0 saturated carbocycles. The van der Waals surface area contributed by atoms with Crippen molar-refractivity contribution in [1.82, 2.24) is 20.0 Å². The number of rotatable bonds is 4. The maximum atomic E-state index is 4.71. The van der Waals surface area contributed by atoms with E-state index < -0.39 is 0 Å². The monoisotopic (exact) mass is 292 g/mol. The zero-order valence-corrected chi connectivity index (χ0v) is 14.6. The molecule has 0 bridgehead atoms. The molecule has 2 unspecified atom stereocenters. The summed E-state index contributed by atoms with van der Waals surface area (Å²) in [5, 5.41) is 8.38. The highest BCUT2D eigenvalue weighted by Crippen LogP contribution is 2.26. The van der Waals surface area contributed by atoms with Gasteiger partial charge in [0, 0.05) is 55.9 Å². The molecule has 1 N–H and O–H groups in total. The summed E-state index contributed by atoms with van der Waals surface area (Å²) >= 11 is 0. The Morgan fingerprint density at radius 3 is 2.57 bits per heavy atom. The normalized spacial score (nSPS) is 24.5. The molecule has 1 fully saturated rings. The molecule has 2 atom stereocenters. The molecule has 1 aliphatic heterocycles. The molecule has 120 valence electrons. The molecule has 2 rings (SSSR count). The van der Waals surface area contributed by atoms with Crippen molar-refractivity contribution < 1.29 is 0 Å². The topological polar surface area (TPSA) is 33.1 Å². The summed E-state index contributed by atoms with van der Waals surface area (Å²) in [5.74, 6) is 0. The third kappa shape index (κ3) is 3.86. The van der Waals surface area contributed by atoms with E-state index in [9.17, 15) is 0 Å². The largest absolute Gasteiger partial charge is 0.311 e. The second-order valence-electron chi connectivity index (χ2n) is 7.43. The van der Waals surface area contributed by atoms with Gasteiger partial charge in [0.25, 0.3) is 0 Å². The maximum Gasteiger partial charge on any atom is 0.0722 e. The van der Waals surface area contributed by atoms with Crippen LogP contribution in [-0.2, 0) is 19.0 Å². The molecule has 1 aliphatic rings. The number of hydrogen-bond acceptors (Lipinski definition) is 3. The van der Waals surface area contributed by atoms with Gasteiger partial charge in [-0.15, -0.1) is 0 Å². The van der Waals surface area contributed by atoms with Gasteiger partial charge in [-0.25, -0.2) is 0 Å². The van der Waals surface area contributed by atoms with E-state index in [0.717, 1.165) is 19.6 Å². The molecule has 21 heavy (non-hydrogen) atoms. The molecular weight excluding hydrogens is 260 g/mol. The highest BCUT2D eigenvalue weighted by Gasteiger charge is 2.29. The van der Waals surface area contributed by atoms with Crippen molar-refractivity contribution in [3.05, 3.63) is 17.5 Å². The van der Waals surface area contributed by atoms with E-state index in [2.05, 4.69) is 51.0 Å². The number of nitrogens with zero attached hydrogens (tertiary/aromatic N) is 3. The first-order chi connectivity index (χ1) is 9.85.